The SMILES string of the molecule is CCCCCNC(=O)N1CCC[C@H]1C. The van der Waals surface area contributed by atoms with Gasteiger partial charge in [0.25, 0.3) is 0 Å². The van der Waals surface area contributed by atoms with E-state index in [0.29, 0.717) is 6.04 Å². The van der Waals surface area contributed by atoms with Crippen LogP contribution in [0.1, 0.15) is 46.0 Å². The van der Waals surface area contributed by atoms with Gasteiger partial charge in [-0.05, 0) is 26.2 Å². The molecule has 0 unspecified atom stereocenters. The summed E-state index contributed by atoms with van der Waals surface area (Å²) in [5.74, 6) is 0. The van der Waals surface area contributed by atoms with E-state index < -0.39 is 0 Å². The van der Waals surface area contributed by atoms with E-state index in [4.69, 9.17) is 0 Å². The molecule has 0 saturated carbocycles. The van der Waals surface area contributed by atoms with Gasteiger partial charge in [0.05, 0.1) is 0 Å². The quantitative estimate of drug-likeness (QED) is 0.691. The van der Waals surface area contributed by atoms with Crippen molar-refractivity contribution in [3.05, 3.63) is 0 Å². The summed E-state index contributed by atoms with van der Waals surface area (Å²) >= 11 is 0. The fourth-order valence-corrected chi connectivity index (χ4v) is 1.91. The van der Waals surface area contributed by atoms with E-state index in [1.807, 2.05) is 4.90 Å². The predicted octanol–water partition coefficient (Wildman–Crippen LogP) is 2.37. The zero-order valence-corrected chi connectivity index (χ0v) is 9.38. The average molecular weight is 198 g/mol. The number of likely N-dealkylation sites (tertiary alicyclic amines) is 1. The molecule has 1 rings (SSSR count). The first-order valence-electron chi connectivity index (χ1n) is 5.80. The Bertz CT molecular complexity index is 182. The van der Waals surface area contributed by atoms with Gasteiger partial charge < -0.3 is 10.2 Å². The summed E-state index contributed by atoms with van der Waals surface area (Å²) in [5, 5.41) is 2.98. The molecule has 1 aliphatic rings. The summed E-state index contributed by atoms with van der Waals surface area (Å²) in [5.41, 5.74) is 0. The third kappa shape index (κ3) is 3.20. The second-order valence-electron chi connectivity index (χ2n) is 4.12. The van der Waals surface area contributed by atoms with E-state index in [-0.39, 0.29) is 6.03 Å². The Balaban J connectivity index is 2.14. The van der Waals surface area contributed by atoms with Crippen molar-refractivity contribution >= 4 is 6.03 Å². The molecular weight excluding hydrogens is 176 g/mol. The fourth-order valence-electron chi connectivity index (χ4n) is 1.91. The number of amides is 2. The molecule has 0 aromatic carbocycles. The summed E-state index contributed by atoms with van der Waals surface area (Å²) < 4.78 is 0. The predicted molar refractivity (Wildman–Crippen MR) is 58.3 cm³/mol. The lowest BCUT2D eigenvalue weighted by Gasteiger charge is -2.21. The largest absolute Gasteiger partial charge is 0.338 e. The van der Waals surface area contributed by atoms with Crippen molar-refractivity contribution in [2.24, 2.45) is 0 Å². The van der Waals surface area contributed by atoms with Gasteiger partial charge in [0.1, 0.15) is 0 Å². The van der Waals surface area contributed by atoms with Gasteiger partial charge in [0, 0.05) is 19.1 Å². The highest BCUT2D eigenvalue weighted by Crippen LogP contribution is 2.15. The summed E-state index contributed by atoms with van der Waals surface area (Å²) in [6.45, 7) is 6.06. The number of carbonyl (C=O) groups excluding carboxylic acids is 1. The second kappa shape index (κ2) is 5.89. The normalized spacial score (nSPS) is 21.3. The second-order valence-corrected chi connectivity index (χ2v) is 4.12. The van der Waals surface area contributed by atoms with Gasteiger partial charge in [-0.15, -0.1) is 0 Å². The maximum Gasteiger partial charge on any atom is 0.317 e. The standard InChI is InChI=1S/C11H22N2O/c1-3-4-5-8-12-11(14)13-9-6-7-10(13)2/h10H,3-9H2,1-2H3,(H,12,14)/t10-/m1/s1. The van der Waals surface area contributed by atoms with Crippen LogP contribution in [0.3, 0.4) is 0 Å². The lowest BCUT2D eigenvalue weighted by molar-refractivity contribution is 0.196. The number of hydrogen-bond donors (Lipinski definition) is 1. The maximum absolute atomic E-state index is 11.6. The van der Waals surface area contributed by atoms with Crippen LogP contribution in [0.4, 0.5) is 4.79 Å². The smallest absolute Gasteiger partial charge is 0.317 e. The summed E-state index contributed by atoms with van der Waals surface area (Å²) in [6, 6.07) is 0.562. The molecule has 0 aliphatic carbocycles. The third-order valence-electron chi connectivity index (χ3n) is 2.87. The van der Waals surface area contributed by atoms with Crippen LogP contribution >= 0.6 is 0 Å². The van der Waals surface area contributed by atoms with E-state index in [0.717, 1.165) is 32.4 Å². The Labute approximate surface area is 86.9 Å². The summed E-state index contributed by atoms with van der Waals surface area (Å²) in [4.78, 5) is 13.6. The topological polar surface area (TPSA) is 32.3 Å². The van der Waals surface area contributed by atoms with Gasteiger partial charge in [-0.2, -0.15) is 0 Å². The van der Waals surface area contributed by atoms with Crippen molar-refractivity contribution in [2.75, 3.05) is 13.1 Å². The molecule has 14 heavy (non-hydrogen) atoms. The number of urea groups is 1. The van der Waals surface area contributed by atoms with Crippen molar-refractivity contribution < 1.29 is 4.79 Å². The van der Waals surface area contributed by atoms with Crippen LogP contribution in [-0.2, 0) is 0 Å². The molecule has 0 aromatic rings. The van der Waals surface area contributed by atoms with Crippen LogP contribution in [0.2, 0.25) is 0 Å². The number of rotatable bonds is 4. The van der Waals surface area contributed by atoms with Gasteiger partial charge in [-0.25, -0.2) is 4.79 Å². The van der Waals surface area contributed by atoms with E-state index in [2.05, 4.69) is 19.2 Å². The first-order valence-corrected chi connectivity index (χ1v) is 5.80. The molecule has 0 spiro atoms. The molecule has 1 heterocycles. The molecule has 3 heteroatoms. The fraction of sp³-hybridized carbons (Fsp3) is 0.909. The number of hydrogen-bond acceptors (Lipinski definition) is 1. The molecule has 1 fully saturated rings. The van der Waals surface area contributed by atoms with Crippen LogP contribution in [0, 0.1) is 0 Å². The lowest BCUT2D eigenvalue weighted by Crippen LogP contribution is -2.41. The third-order valence-corrected chi connectivity index (χ3v) is 2.87. The molecule has 3 nitrogen and oxygen atoms in total. The molecule has 1 aliphatic heterocycles. The molecule has 1 atom stereocenters. The monoisotopic (exact) mass is 198 g/mol. The number of unbranched alkanes of at least 4 members (excludes halogenated alkanes) is 2. The van der Waals surface area contributed by atoms with E-state index >= 15 is 0 Å². The molecule has 1 N–H and O–H groups in total. The Morgan fingerprint density at radius 2 is 2.29 bits per heavy atom. The highest BCUT2D eigenvalue weighted by Gasteiger charge is 2.24. The summed E-state index contributed by atoms with van der Waals surface area (Å²) in [6.07, 6.45) is 5.82. The molecule has 0 radical (unpaired) electrons. The van der Waals surface area contributed by atoms with Crippen molar-refractivity contribution in [3.8, 4) is 0 Å². The minimum Gasteiger partial charge on any atom is -0.338 e. The van der Waals surface area contributed by atoms with E-state index in [9.17, 15) is 4.79 Å². The first kappa shape index (κ1) is 11.3. The van der Waals surface area contributed by atoms with Gasteiger partial charge in [0.15, 0.2) is 0 Å². The molecule has 2 amide bonds. The van der Waals surface area contributed by atoms with E-state index in [1.54, 1.807) is 0 Å². The van der Waals surface area contributed by atoms with Crippen molar-refractivity contribution in [2.45, 2.75) is 52.0 Å². The Kier molecular flexibility index (Phi) is 4.77. The van der Waals surface area contributed by atoms with Crippen LogP contribution in [0.15, 0.2) is 0 Å². The molecule has 82 valence electrons. The highest BCUT2D eigenvalue weighted by molar-refractivity contribution is 5.74. The zero-order chi connectivity index (χ0) is 10.4. The van der Waals surface area contributed by atoms with Crippen molar-refractivity contribution in [3.63, 3.8) is 0 Å². The Hall–Kier alpha value is -0.730. The molecule has 0 aromatic heterocycles. The highest BCUT2D eigenvalue weighted by atomic mass is 16.2. The molecule has 1 saturated heterocycles. The Morgan fingerprint density at radius 1 is 1.50 bits per heavy atom. The zero-order valence-electron chi connectivity index (χ0n) is 9.38. The van der Waals surface area contributed by atoms with Gasteiger partial charge in [-0.3, -0.25) is 0 Å². The number of nitrogens with one attached hydrogen (secondary N) is 1. The molecule has 0 bridgehead atoms. The number of carbonyl (C=O) groups is 1. The van der Waals surface area contributed by atoms with Crippen LogP contribution in [0.5, 0.6) is 0 Å². The maximum atomic E-state index is 11.6. The van der Waals surface area contributed by atoms with Gasteiger partial charge in [0.2, 0.25) is 0 Å². The van der Waals surface area contributed by atoms with Gasteiger partial charge in [-0.1, -0.05) is 19.8 Å². The van der Waals surface area contributed by atoms with Gasteiger partial charge >= 0.3 is 6.03 Å². The van der Waals surface area contributed by atoms with Crippen LogP contribution < -0.4 is 5.32 Å². The summed E-state index contributed by atoms with van der Waals surface area (Å²) in [7, 11) is 0. The average Bonchev–Trinajstić information content (AvgIpc) is 2.59. The minimum atomic E-state index is 0.131. The van der Waals surface area contributed by atoms with Crippen LogP contribution in [0.25, 0.3) is 0 Å². The lowest BCUT2D eigenvalue weighted by atomic mass is 10.2. The van der Waals surface area contributed by atoms with Crippen molar-refractivity contribution in [1.29, 1.82) is 0 Å². The van der Waals surface area contributed by atoms with Crippen LogP contribution in [-0.4, -0.2) is 30.1 Å². The van der Waals surface area contributed by atoms with Crippen molar-refractivity contribution in [1.82, 2.24) is 10.2 Å². The first-order chi connectivity index (χ1) is 6.75. The number of nitrogens with zero attached hydrogens (tertiary/aromatic N) is 1. The Morgan fingerprint density at radius 3 is 2.86 bits per heavy atom. The molecular formula is C11H22N2O. The van der Waals surface area contributed by atoms with E-state index in [1.165, 1.54) is 12.8 Å². The minimum absolute atomic E-state index is 0.131.